The molecule has 1 aliphatic carbocycles. The molecule has 0 aliphatic heterocycles. The highest BCUT2D eigenvalue weighted by Gasteiger charge is 2.42. The van der Waals surface area contributed by atoms with Crippen molar-refractivity contribution in [3.8, 4) is 0 Å². The molecule has 0 aromatic carbocycles. The molecule has 0 aromatic heterocycles. The Hall–Kier alpha value is -0.130. The summed E-state index contributed by atoms with van der Waals surface area (Å²) >= 11 is 0. The van der Waals surface area contributed by atoms with E-state index in [1.54, 1.807) is 4.31 Å². The lowest BCUT2D eigenvalue weighted by molar-refractivity contribution is 0.120. The summed E-state index contributed by atoms with van der Waals surface area (Å²) in [5.41, 5.74) is 5.62. The van der Waals surface area contributed by atoms with Gasteiger partial charge in [-0.15, -0.1) is 0 Å². The molecule has 108 valence electrons. The lowest BCUT2D eigenvalue weighted by Gasteiger charge is -2.45. The highest BCUT2D eigenvalue weighted by molar-refractivity contribution is 7.89. The number of nitrogens with two attached hydrogens (primary N) is 1. The molecule has 0 unspecified atom stereocenters. The van der Waals surface area contributed by atoms with Gasteiger partial charge in [-0.25, -0.2) is 8.42 Å². The maximum Gasteiger partial charge on any atom is 0.214 e. The van der Waals surface area contributed by atoms with E-state index in [2.05, 4.69) is 6.92 Å². The van der Waals surface area contributed by atoms with Crippen LogP contribution in [-0.2, 0) is 10.0 Å². The third-order valence-corrected chi connectivity index (χ3v) is 6.44. The van der Waals surface area contributed by atoms with Crippen LogP contribution < -0.4 is 5.73 Å². The van der Waals surface area contributed by atoms with E-state index in [-0.39, 0.29) is 11.3 Å². The molecule has 4 nitrogen and oxygen atoms in total. The van der Waals surface area contributed by atoms with Gasteiger partial charge in [0.15, 0.2) is 0 Å². The van der Waals surface area contributed by atoms with Gasteiger partial charge >= 0.3 is 0 Å². The Kier molecular flexibility index (Phi) is 5.62. The van der Waals surface area contributed by atoms with Crippen molar-refractivity contribution in [1.82, 2.24) is 4.31 Å². The third kappa shape index (κ3) is 3.25. The van der Waals surface area contributed by atoms with Crippen LogP contribution in [0.1, 0.15) is 52.9 Å². The van der Waals surface area contributed by atoms with Gasteiger partial charge in [0.1, 0.15) is 0 Å². The first-order valence-electron chi connectivity index (χ1n) is 7.12. The maximum absolute atomic E-state index is 12.4. The number of hydrogen-bond donors (Lipinski definition) is 1. The van der Waals surface area contributed by atoms with Crippen LogP contribution in [0, 0.1) is 5.92 Å². The Morgan fingerprint density at radius 2 is 1.83 bits per heavy atom. The van der Waals surface area contributed by atoms with Crippen LogP contribution in [0.2, 0.25) is 0 Å². The van der Waals surface area contributed by atoms with E-state index in [0.29, 0.717) is 25.4 Å². The minimum Gasteiger partial charge on any atom is -0.329 e. The molecule has 0 amide bonds. The van der Waals surface area contributed by atoms with Crippen molar-refractivity contribution in [3.63, 3.8) is 0 Å². The zero-order valence-corrected chi connectivity index (χ0v) is 12.8. The highest BCUT2D eigenvalue weighted by atomic mass is 32.2. The van der Waals surface area contributed by atoms with Crippen LogP contribution in [0.4, 0.5) is 0 Å². The Morgan fingerprint density at radius 3 is 2.22 bits per heavy atom. The molecule has 2 N–H and O–H groups in total. The van der Waals surface area contributed by atoms with E-state index in [9.17, 15) is 8.42 Å². The lowest BCUT2D eigenvalue weighted by Crippen LogP contribution is -2.58. The van der Waals surface area contributed by atoms with Crippen LogP contribution >= 0.6 is 0 Å². The van der Waals surface area contributed by atoms with Gasteiger partial charge in [0, 0.05) is 18.6 Å². The van der Waals surface area contributed by atoms with Crippen molar-refractivity contribution in [1.29, 1.82) is 0 Å². The zero-order valence-electron chi connectivity index (χ0n) is 12.0. The third-order valence-electron chi connectivity index (χ3n) is 4.20. The summed E-state index contributed by atoms with van der Waals surface area (Å²) < 4.78 is 26.4. The summed E-state index contributed by atoms with van der Waals surface area (Å²) in [5.74, 6) is 0.926. The quantitative estimate of drug-likeness (QED) is 0.806. The molecule has 1 saturated carbocycles. The van der Waals surface area contributed by atoms with Crippen LogP contribution in [0.3, 0.4) is 0 Å². The Morgan fingerprint density at radius 1 is 1.28 bits per heavy atom. The molecule has 0 bridgehead atoms. The molecule has 0 spiro atoms. The first-order valence-corrected chi connectivity index (χ1v) is 8.73. The van der Waals surface area contributed by atoms with Gasteiger partial charge < -0.3 is 5.73 Å². The van der Waals surface area contributed by atoms with E-state index < -0.39 is 10.0 Å². The zero-order chi connectivity index (χ0) is 13.8. The first-order chi connectivity index (χ1) is 8.41. The highest BCUT2D eigenvalue weighted by Crippen LogP contribution is 2.37. The summed E-state index contributed by atoms with van der Waals surface area (Å²) in [6.07, 6.45) is 4.63. The minimum absolute atomic E-state index is 0.234. The summed E-state index contributed by atoms with van der Waals surface area (Å²) in [4.78, 5) is 0. The fraction of sp³-hybridized carbons (Fsp3) is 1.00. The second-order valence-corrected chi connectivity index (χ2v) is 7.60. The second kappa shape index (κ2) is 6.35. The molecule has 1 rings (SSSR count). The summed E-state index contributed by atoms with van der Waals surface area (Å²) in [6.45, 7) is 7.04. The molecular formula is C13H28N2O2S. The van der Waals surface area contributed by atoms with E-state index in [4.69, 9.17) is 5.73 Å². The number of hydrogen-bond acceptors (Lipinski definition) is 3. The van der Waals surface area contributed by atoms with E-state index in [0.717, 1.165) is 25.7 Å². The smallest absolute Gasteiger partial charge is 0.214 e. The average molecular weight is 276 g/mol. The van der Waals surface area contributed by atoms with Crippen molar-refractivity contribution in [2.45, 2.75) is 58.4 Å². The largest absolute Gasteiger partial charge is 0.329 e. The Labute approximate surface area is 112 Å². The van der Waals surface area contributed by atoms with Gasteiger partial charge in [0.2, 0.25) is 10.0 Å². The fourth-order valence-corrected chi connectivity index (χ4v) is 5.03. The van der Waals surface area contributed by atoms with Gasteiger partial charge in [0.05, 0.1) is 5.75 Å². The molecular weight excluding hydrogens is 248 g/mol. The summed E-state index contributed by atoms with van der Waals surface area (Å²) in [5, 5.41) is 0. The van der Waals surface area contributed by atoms with Crippen molar-refractivity contribution in [2.75, 3.05) is 18.8 Å². The summed E-state index contributed by atoms with van der Waals surface area (Å²) in [6, 6.07) is 0. The van der Waals surface area contributed by atoms with E-state index in [1.165, 1.54) is 0 Å². The normalized spacial score (nSPS) is 29.7. The molecule has 0 heterocycles. The van der Waals surface area contributed by atoms with E-state index in [1.807, 2.05) is 13.8 Å². The number of nitrogens with zero attached hydrogens (tertiary/aromatic N) is 1. The van der Waals surface area contributed by atoms with Crippen molar-refractivity contribution in [3.05, 3.63) is 0 Å². The molecule has 0 radical (unpaired) electrons. The Bertz CT molecular complexity index is 346. The van der Waals surface area contributed by atoms with Crippen molar-refractivity contribution < 1.29 is 8.42 Å². The van der Waals surface area contributed by atoms with Crippen LogP contribution in [0.5, 0.6) is 0 Å². The average Bonchev–Trinajstić information content (AvgIpc) is 2.32. The monoisotopic (exact) mass is 276 g/mol. The molecule has 5 heteroatoms. The van der Waals surface area contributed by atoms with Gasteiger partial charge in [0.25, 0.3) is 0 Å². The topological polar surface area (TPSA) is 63.4 Å². The molecule has 0 aromatic rings. The number of sulfonamides is 1. The number of likely N-dealkylation sites (N-methyl/N-ethyl adjacent to an activating group) is 1. The SMILES string of the molecule is CCCS(=O)(=O)N(CC)C1(CN)CCC(C)CC1. The van der Waals surface area contributed by atoms with Crippen molar-refractivity contribution >= 4 is 10.0 Å². The van der Waals surface area contributed by atoms with Gasteiger partial charge in [-0.1, -0.05) is 20.8 Å². The van der Waals surface area contributed by atoms with Gasteiger partial charge in [-0.2, -0.15) is 4.31 Å². The summed E-state index contributed by atoms with van der Waals surface area (Å²) in [7, 11) is -3.16. The maximum atomic E-state index is 12.4. The van der Waals surface area contributed by atoms with Gasteiger partial charge in [-0.05, 0) is 38.0 Å². The van der Waals surface area contributed by atoms with E-state index >= 15 is 0 Å². The second-order valence-electron chi connectivity index (χ2n) is 5.59. The lowest BCUT2D eigenvalue weighted by atomic mass is 9.77. The molecule has 18 heavy (non-hydrogen) atoms. The van der Waals surface area contributed by atoms with Gasteiger partial charge in [-0.3, -0.25) is 0 Å². The minimum atomic E-state index is -3.16. The molecule has 1 aliphatic rings. The predicted molar refractivity (Wildman–Crippen MR) is 75.9 cm³/mol. The molecule has 1 fully saturated rings. The fourth-order valence-electron chi connectivity index (χ4n) is 3.05. The molecule has 0 atom stereocenters. The molecule has 0 saturated heterocycles. The number of rotatable bonds is 6. The van der Waals surface area contributed by atoms with Crippen LogP contribution in [-0.4, -0.2) is 37.1 Å². The standard InChI is InChI=1S/C13H28N2O2S/c1-4-10-18(16,17)15(5-2)13(11-14)8-6-12(3)7-9-13/h12H,4-11,14H2,1-3H3. The van der Waals surface area contributed by atoms with Crippen LogP contribution in [0.25, 0.3) is 0 Å². The van der Waals surface area contributed by atoms with Crippen LogP contribution in [0.15, 0.2) is 0 Å². The Balaban J connectivity index is 2.97. The van der Waals surface area contributed by atoms with Crippen molar-refractivity contribution in [2.24, 2.45) is 11.7 Å². The first kappa shape index (κ1) is 15.9. The predicted octanol–water partition coefficient (Wildman–Crippen LogP) is 1.96.